The van der Waals surface area contributed by atoms with Crippen LogP contribution in [0.3, 0.4) is 0 Å². The van der Waals surface area contributed by atoms with E-state index in [2.05, 4.69) is 14.7 Å². The Bertz CT molecular complexity index is 677. The van der Waals surface area contributed by atoms with Crippen molar-refractivity contribution in [3.8, 4) is 0 Å². The van der Waals surface area contributed by atoms with Gasteiger partial charge in [-0.05, 0) is 13.3 Å². The zero-order chi connectivity index (χ0) is 14.3. The maximum atomic E-state index is 12.2. The quantitative estimate of drug-likeness (QED) is 0.802. The van der Waals surface area contributed by atoms with Gasteiger partial charge in [-0.15, -0.1) is 0 Å². The van der Waals surface area contributed by atoms with Crippen molar-refractivity contribution < 1.29 is 16.8 Å². The van der Waals surface area contributed by atoms with Crippen molar-refractivity contribution >= 4 is 19.9 Å². The Labute approximate surface area is 112 Å². The zero-order valence-electron chi connectivity index (χ0n) is 10.8. The van der Waals surface area contributed by atoms with Gasteiger partial charge in [0.1, 0.15) is 5.82 Å². The fraction of sp³-hybridized carbons (Fsp3) is 0.700. The average Bonchev–Trinajstić information content (AvgIpc) is 2.83. The number of hydrogen-bond acceptors (Lipinski definition) is 5. The third kappa shape index (κ3) is 3.15. The molecule has 2 heterocycles. The van der Waals surface area contributed by atoms with Gasteiger partial charge in [-0.1, -0.05) is 6.92 Å². The average molecular weight is 307 g/mol. The molecule has 1 aliphatic rings. The van der Waals surface area contributed by atoms with Gasteiger partial charge in [-0.2, -0.15) is 0 Å². The molecule has 1 atom stereocenters. The Kier molecular flexibility index (Phi) is 3.48. The van der Waals surface area contributed by atoms with E-state index in [1.165, 1.54) is 6.20 Å². The number of aromatic amines is 1. The van der Waals surface area contributed by atoms with E-state index >= 15 is 0 Å². The van der Waals surface area contributed by atoms with Crippen LogP contribution in [0.1, 0.15) is 26.1 Å². The number of nitrogens with one attached hydrogen (secondary N) is 2. The molecule has 0 bridgehead atoms. The number of hydrogen-bond donors (Lipinski definition) is 2. The predicted octanol–water partition coefficient (Wildman–Crippen LogP) is -0.172. The van der Waals surface area contributed by atoms with Crippen LogP contribution in [-0.4, -0.2) is 43.8 Å². The fourth-order valence-corrected chi connectivity index (χ4v) is 5.69. The summed E-state index contributed by atoms with van der Waals surface area (Å²) in [7, 11) is -6.93. The van der Waals surface area contributed by atoms with Crippen molar-refractivity contribution in [2.75, 3.05) is 11.5 Å². The van der Waals surface area contributed by atoms with E-state index in [1.54, 1.807) is 6.92 Å². The second-order valence-corrected chi connectivity index (χ2v) is 8.89. The van der Waals surface area contributed by atoms with E-state index in [0.29, 0.717) is 12.2 Å². The first-order valence-electron chi connectivity index (χ1n) is 5.94. The number of aromatic nitrogens is 2. The van der Waals surface area contributed by atoms with Crippen LogP contribution in [-0.2, 0) is 26.3 Å². The van der Waals surface area contributed by atoms with Gasteiger partial charge in [0, 0.05) is 12.0 Å². The molecular formula is C10H17N3O4S2. The smallest absolute Gasteiger partial charge is 0.258 e. The molecule has 108 valence electrons. The Morgan fingerprint density at radius 3 is 2.68 bits per heavy atom. The molecule has 0 amide bonds. The van der Waals surface area contributed by atoms with Crippen LogP contribution in [0, 0.1) is 0 Å². The second kappa shape index (κ2) is 4.57. The first-order valence-corrected chi connectivity index (χ1v) is 9.25. The van der Waals surface area contributed by atoms with Crippen LogP contribution in [0.5, 0.6) is 0 Å². The van der Waals surface area contributed by atoms with Crippen molar-refractivity contribution in [1.82, 2.24) is 14.7 Å². The van der Waals surface area contributed by atoms with Gasteiger partial charge in [-0.25, -0.2) is 26.5 Å². The van der Waals surface area contributed by atoms with Gasteiger partial charge in [0.2, 0.25) is 0 Å². The van der Waals surface area contributed by atoms with Crippen molar-refractivity contribution in [2.45, 2.75) is 37.3 Å². The van der Waals surface area contributed by atoms with E-state index in [4.69, 9.17) is 0 Å². The third-order valence-corrected chi connectivity index (χ3v) is 6.56. The van der Waals surface area contributed by atoms with Crippen LogP contribution in [0.25, 0.3) is 0 Å². The molecule has 19 heavy (non-hydrogen) atoms. The van der Waals surface area contributed by atoms with E-state index in [1.807, 2.05) is 6.92 Å². The number of imidazole rings is 1. The summed E-state index contributed by atoms with van der Waals surface area (Å²) in [6, 6.07) is 0. The standard InChI is InChI=1S/C10H17N3O4S2/c1-3-8-11-6-9(12-8)19(16,17)13-10(2)4-5-18(14,15)7-10/h6,13H,3-5,7H2,1-2H3,(H,11,12). The Morgan fingerprint density at radius 2 is 2.21 bits per heavy atom. The molecule has 1 fully saturated rings. The highest BCUT2D eigenvalue weighted by atomic mass is 32.2. The lowest BCUT2D eigenvalue weighted by molar-refractivity contribution is 0.460. The minimum absolute atomic E-state index is 0.00913. The largest absolute Gasteiger partial charge is 0.332 e. The SMILES string of the molecule is CCc1ncc(S(=O)(=O)NC2(C)CCS(=O)(=O)C2)[nH]1. The summed E-state index contributed by atoms with van der Waals surface area (Å²) in [6.07, 6.45) is 2.12. The lowest BCUT2D eigenvalue weighted by Crippen LogP contribution is -2.46. The molecule has 0 aliphatic carbocycles. The number of nitrogens with zero attached hydrogens (tertiary/aromatic N) is 1. The summed E-state index contributed by atoms with van der Waals surface area (Å²) in [5.74, 6) is 0.410. The van der Waals surface area contributed by atoms with Gasteiger partial charge in [0.05, 0.1) is 17.7 Å². The number of sulfonamides is 1. The number of sulfone groups is 1. The minimum Gasteiger partial charge on any atom is -0.332 e. The zero-order valence-corrected chi connectivity index (χ0v) is 12.4. The molecule has 0 radical (unpaired) electrons. The van der Waals surface area contributed by atoms with Crippen molar-refractivity contribution in [3.63, 3.8) is 0 Å². The third-order valence-electron chi connectivity index (χ3n) is 3.11. The van der Waals surface area contributed by atoms with Crippen LogP contribution in [0.4, 0.5) is 0 Å². The van der Waals surface area contributed by atoms with Crippen molar-refractivity contribution in [1.29, 1.82) is 0 Å². The Hall–Kier alpha value is -0.930. The van der Waals surface area contributed by atoms with Gasteiger partial charge in [0.25, 0.3) is 10.0 Å². The van der Waals surface area contributed by atoms with E-state index in [0.717, 1.165) is 0 Å². The number of aryl methyl sites for hydroxylation is 1. The summed E-state index contributed by atoms with van der Waals surface area (Å²) in [6.45, 7) is 3.46. The first kappa shape index (κ1) is 14.5. The summed E-state index contributed by atoms with van der Waals surface area (Å²) in [4.78, 5) is 6.64. The van der Waals surface area contributed by atoms with Crippen LogP contribution in [0.15, 0.2) is 11.2 Å². The molecule has 2 rings (SSSR count). The molecule has 0 spiro atoms. The first-order chi connectivity index (χ1) is 8.66. The lowest BCUT2D eigenvalue weighted by atomic mass is 10.0. The predicted molar refractivity (Wildman–Crippen MR) is 70.0 cm³/mol. The maximum absolute atomic E-state index is 12.2. The molecule has 1 aromatic heterocycles. The van der Waals surface area contributed by atoms with Crippen LogP contribution >= 0.6 is 0 Å². The van der Waals surface area contributed by atoms with Gasteiger partial charge in [0.15, 0.2) is 14.9 Å². The van der Waals surface area contributed by atoms with Crippen molar-refractivity contribution in [3.05, 3.63) is 12.0 Å². The molecule has 9 heteroatoms. The second-order valence-electron chi connectivity index (χ2n) is 5.06. The summed E-state index contributed by atoms with van der Waals surface area (Å²) in [5, 5.41) is -0.0325. The summed E-state index contributed by atoms with van der Waals surface area (Å²) in [5.41, 5.74) is -0.949. The van der Waals surface area contributed by atoms with E-state index in [9.17, 15) is 16.8 Å². The van der Waals surface area contributed by atoms with Gasteiger partial charge in [-0.3, -0.25) is 0 Å². The lowest BCUT2D eigenvalue weighted by Gasteiger charge is -2.22. The molecule has 0 aromatic carbocycles. The highest BCUT2D eigenvalue weighted by Crippen LogP contribution is 2.24. The molecule has 2 N–H and O–H groups in total. The highest BCUT2D eigenvalue weighted by Gasteiger charge is 2.41. The molecule has 0 saturated carbocycles. The summed E-state index contributed by atoms with van der Waals surface area (Å²) >= 11 is 0. The minimum atomic E-state index is -3.77. The maximum Gasteiger partial charge on any atom is 0.258 e. The molecule has 1 aromatic rings. The number of H-pyrrole nitrogens is 1. The van der Waals surface area contributed by atoms with Crippen LogP contribution in [0.2, 0.25) is 0 Å². The van der Waals surface area contributed by atoms with Crippen molar-refractivity contribution in [2.24, 2.45) is 0 Å². The van der Waals surface area contributed by atoms with Crippen LogP contribution < -0.4 is 4.72 Å². The molecule has 1 aliphatic heterocycles. The summed E-state index contributed by atoms with van der Waals surface area (Å²) < 4.78 is 49.7. The topological polar surface area (TPSA) is 109 Å². The normalized spacial score (nSPS) is 26.6. The van der Waals surface area contributed by atoms with Gasteiger partial charge >= 0.3 is 0 Å². The Balaban J connectivity index is 2.23. The highest BCUT2D eigenvalue weighted by molar-refractivity contribution is 7.92. The number of rotatable bonds is 4. The molecule has 1 saturated heterocycles. The van der Waals surface area contributed by atoms with E-state index < -0.39 is 25.4 Å². The molecule has 1 unspecified atom stereocenters. The van der Waals surface area contributed by atoms with Gasteiger partial charge < -0.3 is 4.98 Å². The molecular weight excluding hydrogens is 290 g/mol. The molecule has 7 nitrogen and oxygen atoms in total. The Morgan fingerprint density at radius 1 is 1.53 bits per heavy atom. The van der Waals surface area contributed by atoms with E-state index in [-0.39, 0.29) is 23.0 Å². The fourth-order valence-electron chi connectivity index (χ4n) is 2.13. The monoisotopic (exact) mass is 307 g/mol.